The Hall–Kier alpha value is -1.17. The summed E-state index contributed by atoms with van der Waals surface area (Å²) in [6.07, 6.45) is 4.76. The molecule has 0 unspecified atom stereocenters. The number of piperidine rings is 1. The molecule has 1 aromatic carbocycles. The smallest absolute Gasteiger partial charge is 0.494 e. The summed E-state index contributed by atoms with van der Waals surface area (Å²) in [5.41, 5.74) is -0.578. The van der Waals surface area contributed by atoms with Gasteiger partial charge in [0.2, 0.25) is 0 Å². The molecule has 1 aliphatic rings. The number of hydrogen-bond donors (Lipinski definition) is 0. The van der Waals surface area contributed by atoms with Crippen LogP contribution in [0.4, 0.5) is 12.9 Å². The van der Waals surface area contributed by atoms with Gasteiger partial charge >= 0.3 is 6.98 Å². The van der Waals surface area contributed by atoms with Crippen molar-refractivity contribution < 1.29 is 17.7 Å². The molecule has 2 rings (SSSR count). The van der Waals surface area contributed by atoms with E-state index in [-0.39, 0.29) is 0 Å². The van der Waals surface area contributed by atoms with E-state index in [4.69, 9.17) is 4.74 Å². The minimum atomic E-state index is -4.91. The maximum absolute atomic E-state index is 12.4. The first-order chi connectivity index (χ1) is 9.55. The van der Waals surface area contributed by atoms with Crippen molar-refractivity contribution in [1.82, 2.24) is 4.90 Å². The summed E-state index contributed by atoms with van der Waals surface area (Å²) in [6, 6.07) is 4.96. The van der Waals surface area contributed by atoms with Crippen LogP contribution in [0.25, 0.3) is 0 Å². The number of ether oxygens (including phenoxy) is 1. The van der Waals surface area contributed by atoms with Crippen molar-refractivity contribution in [3.05, 3.63) is 24.3 Å². The minimum absolute atomic E-state index is 0.507. The van der Waals surface area contributed by atoms with Crippen LogP contribution in [0.3, 0.4) is 0 Å². The standard InChI is InChI=1S/C14H20BF3NO/c16-15(17,18)13-5-7-14(8-6-13)20-12-4-11-19-9-2-1-3-10-19/h5-8H,1-4,9-12H2/q-1. The number of hydrogen-bond acceptors (Lipinski definition) is 2. The molecule has 6 heteroatoms. The summed E-state index contributed by atoms with van der Waals surface area (Å²) < 4.78 is 42.8. The highest BCUT2D eigenvalue weighted by Gasteiger charge is 2.24. The molecule has 1 heterocycles. The first-order valence-electron chi connectivity index (χ1n) is 7.21. The summed E-state index contributed by atoms with van der Waals surface area (Å²) in [7, 11) is 0. The Morgan fingerprint density at radius 3 is 2.25 bits per heavy atom. The zero-order valence-corrected chi connectivity index (χ0v) is 11.5. The molecule has 112 valence electrons. The summed E-state index contributed by atoms with van der Waals surface area (Å²) in [5, 5.41) is 0. The van der Waals surface area contributed by atoms with E-state index >= 15 is 0 Å². The average Bonchev–Trinajstić information content (AvgIpc) is 2.44. The molecule has 1 saturated heterocycles. The van der Waals surface area contributed by atoms with Gasteiger partial charge in [0.25, 0.3) is 0 Å². The van der Waals surface area contributed by atoms with E-state index in [0.717, 1.165) is 38.2 Å². The maximum Gasteiger partial charge on any atom is 0.509 e. The Morgan fingerprint density at radius 2 is 1.65 bits per heavy atom. The third kappa shape index (κ3) is 4.74. The Balaban J connectivity index is 1.68. The minimum Gasteiger partial charge on any atom is -0.494 e. The highest BCUT2D eigenvalue weighted by atomic mass is 19.4. The normalized spacial score (nSPS) is 17.1. The van der Waals surface area contributed by atoms with E-state index in [9.17, 15) is 12.9 Å². The highest BCUT2D eigenvalue weighted by molar-refractivity contribution is 6.73. The molecule has 2 nitrogen and oxygen atoms in total. The van der Waals surface area contributed by atoms with Crippen LogP contribution in [0.2, 0.25) is 0 Å². The fourth-order valence-corrected chi connectivity index (χ4v) is 2.44. The number of halogens is 3. The fourth-order valence-electron chi connectivity index (χ4n) is 2.44. The molecule has 0 spiro atoms. The van der Waals surface area contributed by atoms with Crippen LogP contribution in [-0.4, -0.2) is 38.1 Å². The van der Waals surface area contributed by atoms with Crippen LogP contribution >= 0.6 is 0 Å². The van der Waals surface area contributed by atoms with Gasteiger partial charge in [-0.1, -0.05) is 18.6 Å². The first-order valence-corrected chi connectivity index (χ1v) is 7.21. The largest absolute Gasteiger partial charge is 0.509 e. The Labute approximate surface area is 118 Å². The highest BCUT2D eigenvalue weighted by Crippen LogP contribution is 2.14. The van der Waals surface area contributed by atoms with E-state index in [1.165, 1.54) is 31.4 Å². The van der Waals surface area contributed by atoms with Crippen molar-refractivity contribution in [3.63, 3.8) is 0 Å². The lowest BCUT2D eigenvalue weighted by molar-refractivity contribution is 0.205. The molecular formula is C14H20BF3NO-. The van der Waals surface area contributed by atoms with Crippen LogP contribution in [0, 0.1) is 0 Å². The second kappa shape index (κ2) is 7.02. The lowest BCUT2D eigenvalue weighted by Gasteiger charge is -2.26. The van der Waals surface area contributed by atoms with Gasteiger partial charge in [-0.15, -0.1) is 5.46 Å². The molecule has 0 atom stereocenters. The van der Waals surface area contributed by atoms with Crippen molar-refractivity contribution in [1.29, 1.82) is 0 Å². The predicted octanol–water partition coefficient (Wildman–Crippen LogP) is 3.00. The van der Waals surface area contributed by atoms with Crippen molar-refractivity contribution in [2.24, 2.45) is 0 Å². The summed E-state index contributed by atoms with van der Waals surface area (Å²) in [4.78, 5) is 2.42. The van der Waals surface area contributed by atoms with Crippen molar-refractivity contribution in [3.8, 4) is 5.75 Å². The maximum atomic E-state index is 12.4. The Morgan fingerprint density at radius 1 is 1.00 bits per heavy atom. The zero-order chi connectivity index (χ0) is 14.4. The molecule has 20 heavy (non-hydrogen) atoms. The van der Waals surface area contributed by atoms with Gasteiger partial charge in [0.1, 0.15) is 5.75 Å². The average molecular weight is 286 g/mol. The quantitative estimate of drug-likeness (QED) is 0.589. The lowest BCUT2D eigenvalue weighted by Crippen LogP contribution is -2.33. The first kappa shape index (κ1) is 15.2. The Kier molecular flexibility index (Phi) is 5.34. The number of rotatable bonds is 6. The van der Waals surface area contributed by atoms with Gasteiger partial charge in [-0.3, -0.25) is 0 Å². The van der Waals surface area contributed by atoms with E-state index in [0.29, 0.717) is 12.4 Å². The van der Waals surface area contributed by atoms with Gasteiger partial charge < -0.3 is 22.6 Å². The molecule has 1 aromatic rings. The Bertz CT molecular complexity index is 402. The van der Waals surface area contributed by atoms with Gasteiger partial charge in [0, 0.05) is 6.54 Å². The van der Waals surface area contributed by atoms with Gasteiger partial charge in [-0.05, 0) is 44.5 Å². The molecule has 1 fully saturated rings. The summed E-state index contributed by atoms with van der Waals surface area (Å²) >= 11 is 0. The zero-order valence-electron chi connectivity index (χ0n) is 11.5. The number of benzene rings is 1. The van der Waals surface area contributed by atoms with Crippen molar-refractivity contribution in [2.75, 3.05) is 26.2 Å². The summed E-state index contributed by atoms with van der Waals surface area (Å²) in [5.74, 6) is 0.507. The van der Waals surface area contributed by atoms with E-state index in [1.54, 1.807) is 0 Å². The van der Waals surface area contributed by atoms with Gasteiger partial charge in [0.15, 0.2) is 0 Å². The third-order valence-corrected chi connectivity index (χ3v) is 3.59. The van der Waals surface area contributed by atoms with Gasteiger partial charge in [0.05, 0.1) is 6.61 Å². The van der Waals surface area contributed by atoms with E-state index < -0.39 is 12.4 Å². The second-order valence-corrected chi connectivity index (χ2v) is 5.25. The van der Waals surface area contributed by atoms with Crippen LogP contribution in [0.1, 0.15) is 25.7 Å². The molecule has 0 aliphatic carbocycles. The monoisotopic (exact) mass is 286 g/mol. The van der Waals surface area contributed by atoms with Crippen molar-refractivity contribution >= 4 is 12.4 Å². The van der Waals surface area contributed by atoms with Crippen LogP contribution in [0.5, 0.6) is 5.75 Å². The predicted molar refractivity (Wildman–Crippen MR) is 75.6 cm³/mol. The topological polar surface area (TPSA) is 12.5 Å². The molecule has 0 radical (unpaired) electrons. The molecule has 1 aliphatic heterocycles. The number of likely N-dealkylation sites (tertiary alicyclic amines) is 1. The molecule has 0 bridgehead atoms. The molecular weight excluding hydrogens is 266 g/mol. The molecule has 0 N–H and O–H groups in total. The van der Waals surface area contributed by atoms with Crippen LogP contribution in [0.15, 0.2) is 24.3 Å². The van der Waals surface area contributed by atoms with Crippen LogP contribution in [-0.2, 0) is 0 Å². The molecule has 0 amide bonds. The second-order valence-electron chi connectivity index (χ2n) is 5.25. The molecule has 0 aromatic heterocycles. The van der Waals surface area contributed by atoms with Crippen LogP contribution < -0.4 is 10.2 Å². The summed E-state index contributed by atoms with van der Waals surface area (Å²) in [6.45, 7) is -1.05. The third-order valence-electron chi connectivity index (χ3n) is 3.59. The van der Waals surface area contributed by atoms with Gasteiger partial charge in [-0.2, -0.15) is 0 Å². The van der Waals surface area contributed by atoms with Crippen molar-refractivity contribution in [2.45, 2.75) is 25.7 Å². The molecule has 0 saturated carbocycles. The van der Waals surface area contributed by atoms with E-state index in [1.807, 2.05) is 0 Å². The fraction of sp³-hybridized carbons (Fsp3) is 0.571. The number of nitrogens with zero attached hydrogens (tertiary/aromatic N) is 1. The van der Waals surface area contributed by atoms with E-state index in [2.05, 4.69) is 4.90 Å². The lowest BCUT2D eigenvalue weighted by atomic mass is 9.80. The SMILES string of the molecule is F[B-](F)(F)c1ccc(OCCCN2CCCCC2)cc1. The van der Waals surface area contributed by atoms with Gasteiger partial charge in [-0.25, -0.2) is 0 Å².